The van der Waals surface area contributed by atoms with Gasteiger partial charge in [0.05, 0.1) is 61.7 Å². The Kier molecular flexibility index (Phi) is 7.62. The molecule has 5 nitrogen and oxygen atoms in total. The Hall–Kier alpha value is -8.68. The molecular weight excluding hydrogens is 826 g/mol. The molecule has 0 saturated heterocycles. The van der Waals surface area contributed by atoms with E-state index in [1.54, 1.807) is 4.57 Å². The molecule has 0 aliphatic heterocycles. The zero-order chi connectivity index (χ0) is 43.8. The van der Waals surface area contributed by atoms with Gasteiger partial charge in [-0.25, -0.2) is 22.0 Å². The summed E-state index contributed by atoms with van der Waals surface area (Å²) >= 11 is 0. The van der Waals surface area contributed by atoms with E-state index in [1.165, 1.54) is 12.1 Å². The van der Waals surface area contributed by atoms with Crippen molar-refractivity contribution in [3.63, 3.8) is 0 Å². The van der Waals surface area contributed by atoms with Crippen LogP contribution in [0.1, 0.15) is 5.56 Å². The summed E-state index contributed by atoms with van der Waals surface area (Å²) in [6.07, 6.45) is 0. The smallest absolute Gasteiger partial charge is 0.200 e. The van der Waals surface area contributed by atoms with Crippen molar-refractivity contribution in [2.24, 2.45) is 0 Å². The van der Waals surface area contributed by atoms with Crippen LogP contribution in [0.3, 0.4) is 0 Å². The Morgan fingerprint density at radius 3 is 1.49 bits per heavy atom. The van der Waals surface area contributed by atoms with Crippen LogP contribution in [0.5, 0.6) is 0 Å². The highest BCUT2D eigenvalue weighted by atomic mass is 19.2. The maximum atomic E-state index is 17.0. The van der Waals surface area contributed by atoms with Crippen molar-refractivity contribution in [1.82, 2.24) is 18.7 Å². The second-order valence-electron chi connectivity index (χ2n) is 16.3. The number of para-hydroxylation sites is 5. The third-order valence-corrected chi connectivity index (χ3v) is 13.0. The molecular formula is C55H28F5N5. The molecule has 0 atom stereocenters. The topological polar surface area (TPSA) is 54.4 Å². The zero-order valence-electron chi connectivity index (χ0n) is 33.8. The molecule has 4 heterocycles. The first-order chi connectivity index (χ1) is 31.8. The summed E-state index contributed by atoms with van der Waals surface area (Å²) in [7, 11) is 0. The molecule has 0 bridgehead atoms. The van der Waals surface area contributed by atoms with Crippen LogP contribution in [0, 0.1) is 40.4 Å². The Bertz CT molecular complexity index is 4230. The molecule has 0 amide bonds. The highest BCUT2D eigenvalue weighted by Gasteiger charge is 2.33. The first-order valence-electron chi connectivity index (χ1n) is 20.9. The van der Waals surface area contributed by atoms with Crippen molar-refractivity contribution in [2.75, 3.05) is 0 Å². The van der Waals surface area contributed by atoms with E-state index >= 15 is 22.0 Å². The largest absolute Gasteiger partial charge is 0.354 e. The Labute approximate surface area is 364 Å². The van der Waals surface area contributed by atoms with Crippen LogP contribution in [0.25, 0.3) is 115 Å². The van der Waals surface area contributed by atoms with Gasteiger partial charge in [0.25, 0.3) is 0 Å². The van der Waals surface area contributed by atoms with Crippen molar-refractivity contribution in [1.29, 1.82) is 5.26 Å². The number of aromatic nitrogens is 4. The number of H-pyrrole nitrogens is 1. The molecule has 13 rings (SSSR count). The molecule has 1 N–H and O–H groups in total. The summed E-state index contributed by atoms with van der Waals surface area (Å²) < 4.78 is 86.7. The van der Waals surface area contributed by atoms with Crippen molar-refractivity contribution in [3.05, 3.63) is 198 Å². The maximum absolute atomic E-state index is 17.0. The fourth-order valence-corrected chi connectivity index (χ4v) is 10.4. The number of halogens is 5. The van der Waals surface area contributed by atoms with E-state index in [0.29, 0.717) is 22.1 Å². The van der Waals surface area contributed by atoms with Gasteiger partial charge >= 0.3 is 0 Å². The number of aromatic amines is 1. The molecule has 9 aromatic carbocycles. The van der Waals surface area contributed by atoms with E-state index < -0.39 is 34.6 Å². The quantitative estimate of drug-likeness (QED) is 0.107. The van der Waals surface area contributed by atoms with Crippen LogP contribution < -0.4 is 0 Å². The number of hydrogen-bond acceptors (Lipinski definition) is 1. The lowest BCUT2D eigenvalue weighted by Gasteiger charge is -2.22. The van der Waals surface area contributed by atoms with Crippen LogP contribution in [0.2, 0.25) is 0 Å². The van der Waals surface area contributed by atoms with Gasteiger partial charge in [-0.15, -0.1) is 0 Å². The number of rotatable bonds is 4. The van der Waals surface area contributed by atoms with E-state index in [0.717, 1.165) is 70.8 Å². The number of fused-ring (bicyclic) bond motifs is 14. The van der Waals surface area contributed by atoms with Crippen LogP contribution in [-0.2, 0) is 0 Å². The number of nitrogens with one attached hydrogen (secondary N) is 1. The summed E-state index contributed by atoms with van der Waals surface area (Å²) in [6.45, 7) is 0. The number of nitriles is 1. The second kappa shape index (κ2) is 13.4. The minimum Gasteiger partial charge on any atom is -0.354 e. The van der Waals surface area contributed by atoms with E-state index in [2.05, 4.69) is 15.6 Å². The summed E-state index contributed by atoms with van der Waals surface area (Å²) in [5.41, 5.74) is 5.32. The molecule has 4 aromatic heterocycles. The minimum absolute atomic E-state index is 0.0366. The van der Waals surface area contributed by atoms with E-state index in [4.69, 9.17) is 0 Å². The van der Waals surface area contributed by atoms with E-state index in [9.17, 15) is 5.26 Å². The molecule has 0 unspecified atom stereocenters. The highest BCUT2D eigenvalue weighted by molar-refractivity contribution is 6.28. The van der Waals surface area contributed by atoms with Gasteiger partial charge in [0.2, 0.25) is 5.82 Å². The van der Waals surface area contributed by atoms with Crippen LogP contribution in [0.4, 0.5) is 22.0 Å². The lowest BCUT2D eigenvalue weighted by atomic mass is 9.96. The summed E-state index contributed by atoms with van der Waals surface area (Å²) in [5.74, 6) is -10.4. The normalized spacial score (nSPS) is 12.1. The van der Waals surface area contributed by atoms with Crippen LogP contribution >= 0.6 is 0 Å². The van der Waals surface area contributed by atoms with Gasteiger partial charge in [0.15, 0.2) is 23.3 Å². The average molecular weight is 854 g/mol. The van der Waals surface area contributed by atoms with Crippen LogP contribution in [-0.4, -0.2) is 18.7 Å². The third-order valence-electron chi connectivity index (χ3n) is 13.0. The van der Waals surface area contributed by atoms with Gasteiger partial charge in [-0.3, -0.25) is 0 Å². The minimum atomic E-state index is -2.27. The second-order valence-corrected chi connectivity index (χ2v) is 16.3. The van der Waals surface area contributed by atoms with Crippen LogP contribution in [0.15, 0.2) is 164 Å². The SMILES string of the molecule is N#Cc1cc(-n2c3ccccc3c3ccc4[nH]c5ccccc5c4c32)c(-c2c(F)c(F)c(F)c(F)c2F)c(-n2c3ccccc3c3ccc4c(c5ccccc5n4-c4ccccc4)c32)c1. The molecule has 0 aliphatic rings. The fourth-order valence-electron chi connectivity index (χ4n) is 10.4. The highest BCUT2D eigenvalue weighted by Crippen LogP contribution is 2.49. The predicted molar refractivity (Wildman–Crippen MR) is 249 cm³/mol. The predicted octanol–water partition coefficient (Wildman–Crippen LogP) is 14.8. The molecule has 13 aromatic rings. The summed E-state index contributed by atoms with van der Waals surface area (Å²) in [4.78, 5) is 3.49. The maximum Gasteiger partial charge on any atom is 0.200 e. The average Bonchev–Trinajstić information content (AvgIpc) is 4.09. The molecule has 0 aliphatic carbocycles. The van der Waals surface area contributed by atoms with Gasteiger partial charge in [-0.05, 0) is 60.7 Å². The Morgan fingerprint density at radius 2 is 0.877 bits per heavy atom. The van der Waals surface area contributed by atoms with E-state index in [1.807, 2.05) is 156 Å². The zero-order valence-corrected chi connectivity index (χ0v) is 33.8. The Balaban J connectivity index is 1.30. The first kappa shape index (κ1) is 36.9. The number of nitrogens with zero attached hydrogens (tertiary/aromatic N) is 4. The monoisotopic (exact) mass is 853 g/mol. The summed E-state index contributed by atoms with van der Waals surface area (Å²) in [6, 6.07) is 53.7. The molecule has 0 saturated carbocycles. The molecule has 10 heteroatoms. The van der Waals surface area contributed by atoms with Crippen molar-refractivity contribution in [3.8, 4) is 34.3 Å². The Morgan fingerprint density at radius 1 is 0.385 bits per heavy atom. The first-order valence-corrected chi connectivity index (χ1v) is 20.9. The lowest BCUT2D eigenvalue weighted by Crippen LogP contribution is -2.10. The van der Waals surface area contributed by atoms with Crippen molar-refractivity contribution in [2.45, 2.75) is 0 Å². The van der Waals surface area contributed by atoms with Gasteiger partial charge in [-0.2, -0.15) is 5.26 Å². The standard InChI is InChI=1S/C55H28F5N5/c56-49-48(50(57)52(59)53(60)51(49)58)47-43(64-39-19-9-5-14-31(39)33-22-24-38-45(54(33)64)35-16-4-8-18-37(35)62-38)26-29(28-61)27-44(47)65-40-20-10-6-15-32(40)34-23-25-42-46(55(34)65)36-17-7-11-21-41(36)63(42)30-12-2-1-3-13-30/h1-27,62H. The molecule has 308 valence electrons. The van der Waals surface area contributed by atoms with Gasteiger partial charge in [-0.1, -0.05) is 103 Å². The third kappa shape index (κ3) is 4.89. The lowest BCUT2D eigenvalue weighted by molar-refractivity contribution is 0.381. The van der Waals surface area contributed by atoms with E-state index in [-0.39, 0.29) is 22.5 Å². The summed E-state index contributed by atoms with van der Waals surface area (Å²) in [5, 5.41) is 17.3. The number of hydrogen-bond donors (Lipinski definition) is 1. The fraction of sp³-hybridized carbons (Fsp3) is 0. The molecule has 0 radical (unpaired) electrons. The molecule has 65 heavy (non-hydrogen) atoms. The van der Waals surface area contributed by atoms with Crippen molar-refractivity contribution < 1.29 is 22.0 Å². The van der Waals surface area contributed by atoms with Gasteiger partial charge in [0.1, 0.15) is 0 Å². The van der Waals surface area contributed by atoms with Crippen molar-refractivity contribution >= 4 is 87.2 Å². The molecule has 0 spiro atoms. The van der Waals surface area contributed by atoms with Gasteiger partial charge in [0, 0.05) is 65.4 Å². The number of benzene rings is 9. The molecule has 0 fully saturated rings. The van der Waals surface area contributed by atoms with Gasteiger partial charge < -0.3 is 18.7 Å².